The molecular weight excluding hydrogens is 248 g/mol. The number of thioether (sulfide) groups is 1. The molecule has 2 aromatic rings. The summed E-state index contributed by atoms with van der Waals surface area (Å²) in [6.07, 6.45) is 3.44. The number of hydrogen-bond acceptors (Lipinski definition) is 5. The number of benzene rings is 1. The Morgan fingerprint density at radius 1 is 1.22 bits per heavy atom. The van der Waals surface area contributed by atoms with Crippen LogP contribution >= 0.6 is 11.8 Å². The SMILES string of the molecule is COC(=O)c1ccc(CSc2ncccn2)cc1. The fourth-order valence-corrected chi connectivity index (χ4v) is 2.12. The average molecular weight is 260 g/mol. The number of rotatable bonds is 4. The van der Waals surface area contributed by atoms with Gasteiger partial charge in [0.1, 0.15) is 0 Å². The minimum Gasteiger partial charge on any atom is -0.465 e. The zero-order valence-corrected chi connectivity index (χ0v) is 10.7. The summed E-state index contributed by atoms with van der Waals surface area (Å²) in [6, 6.07) is 9.11. The standard InChI is InChI=1S/C13H12N2O2S/c1-17-12(16)11-5-3-10(4-6-11)9-18-13-14-7-2-8-15-13/h2-8H,9H2,1H3. The summed E-state index contributed by atoms with van der Waals surface area (Å²) in [5, 5.41) is 0.745. The first-order valence-corrected chi connectivity index (χ1v) is 6.35. The Morgan fingerprint density at radius 2 is 1.89 bits per heavy atom. The van der Waals surface area contributed by atoms with Crippen molar-refractivity contribution in [1.29, 1.82) is 0 Å². The lowest BCUT2D eigenvalue weighted by Gasteiger charge is -2.02. The summed E-state index contributed by atoms with van der Waals surface area (Å²) in [5.74, 6) is 0.450. The molecule has 0 bridgehead atoms. The zero-order chi connectivity index (χ0) is 12.8. The van der Waals surface area contributed by atoms with E-state index in [1.54, 1.807) is 42.4 Å². The van der Waals surface area contributed by atoms with E-state index in [9.17, 15) is 4.79 Å². The molecule has 0 unspecified atom stereocenters. The number of ether oxygens (including phenoxy) is 1. The first kappa shape index (κ1) is 12.6. The van der Waals surface area contributed by atoms with Gasteiger partial charge in [-0.15, -0.1) is 0 Å². The van der Waals surface area contributed by atoms with E-state index in [0.717, 1.165) is 16.5 Å². The molecule has 92 valence electrons. The molecule has 0 atom stereocenters. The first-order chi connectivity index (χ1) is 8.79. The van der Waals surface area contributed by atoms with Crippen LogP contribution in [0.15, 0.2) is 47.9 Å². The summed E-state index contributed by atoms with van der Waals surface area (Å²) in [4.78, 5) is 19.5. The third-order valence-electron chi connectivity index (χ3n) is 2.29. The van der Waals surface area contributed by atoms with E-state index in [2.05, 4.69) is 14.7 Å². The van der Waals surface area contributed by atoms with E-state index in [4.69, 9.17) is 0 Å². The molecule has 2 rings (SSSR count). The smallest absolute Gasteiger partial charge is 0.337 e. The molecule has 0 N–H and O–H groups in total. The van der Waals surface area contributed by atoms with Gasteiger partial charge in [0.25, 0.3) is 0 Å². The lowest BCUT2D eigenvalue weighted by Crippen LogP contribution is -2.00. The number of nitrogens with zero attached hydrogens (tertiary/aromatic N) is 2. The fourth-order valence-electron chi connectivity index (χ4n) is 1.36. The summed E-state index contributed by atoms with van der Waals surface area (Å²) in [6.45, 7) is 0. The normalized spacial score (nSPS) is 10.1. The van der Waals surface area contributed by atoms with Crippen LogP contribution in [0.4, 0.5) is 0 Å². The summed E-state index contributed by atoms with van der Waals surface area (Å²) in [5.41, 5.74) is 1.67. The molecule has 5 heteroatoms. The van der Waals surface area contributed by atoms with Gasteiger partial charge in [-0.05, 0) is 23.8 Å². The van der Waals surface area contributed by atoms with Crippen molar-refractivity contribution in [1.82, 2.24) is 9.97 Å². The lowest BCUT2D eigenvalue weighted by atomic mass is 10.1. The molecule has 0 spiro atoms. The lowest BCUT2D eigenvalue weighted by molar-refractivity contribution is 0.0600. The van der Waals surface area contributed by atoms with Gasteiger partial charge in [0.2, 0.25) is 0 Å². The second-order valence-electron chi connectivity index (χ2n) is 3.51. The maximum Gasteiger partial charge on any atom is 0.337 e. The van der Waals surface area contributed by atoms with Gasteiger partial charge in [0.15, 0.2) is 5.16 Å². The Bertz CT molecular complexity index is 514. The monoisotopic (exact) mass is 260 g/mol. The number of aromatic nitrogens is 2. The molecule has 0 aliphatic carbocycles. The maximum absolute atomic E-state index is 11.3. The minimum absolute atomic E-state index is 0.319. The van der Waals surface area contributed by atoms with Gasteiger partial charge in [-0.2, -0.15) is 0 Å². The predicted octanol–water partition coefficient (Wildman–Crippen LogP) is 2.56. The van der Waals surface area contributed by atoms with Crippen molar-refractivity contribution in [2.24, 2.45) is 0 Å². The van der Waals surface area contributed by atoms with Gasteiger partial charge in [-0.3, -0.25) is 0 Å². The van der Waals surface area contributed by atoms with Gasteiger partial charge >= 0.3 is 5.97 Å². The number of carbonyl (C=O) groups excluding carboxylic acids is 1. The molecule has 1 heterocycles. The van der Waals surface area contributed by atoms with Gasteiger partial charge in [-0.25, -0.2) is 14.8 Å². The molecule has 1 aromatic heterocycles. The van der Waals surface area contributed by atoms with Crippen LogP contribution < -0.4 is 0 Å². The predicted molar refractivity (Wildman–Crippen MR) is 69.4 cm³/mol. The third kappa shape index (κ3) is 3.30. The minimum atomic E-state index is -0.319. The van der Waals surface area contributed by atoms with Gasteiger partial charge in [-0.1, -0.05) is 23.9 Å². The second-order valence-corrected chi connectivity index (χ2v) is 4.45. The number of carbonyl (C=O) groups is 1. The Labute approximate surface area is 109 Å². The van der Waals surface area contributed by atoms with E-state index in [1.807, 2.05) is 12.1 Å². The Morgan fingerprint density at radius 3 is 2.50 bits per heavy atom. The van der Waals surface area contributed by atoms with Gasteiger partial charge in [0.05, 0.1) is 12.7 Å². The van der Waals surface area contributed by atoms with E-state index < -0.39 is 0 Å². The van der Waals surface area contributed by atoms with Crippen molar-refractivity contribution in [3.05, 3.63) is 53.9 Å². The molecule has 18 heavy (non-hydrogen) atoms. The summed E-state index contributed by atoms with van der Waals surface area (Å²) < 4.78 is 4.64. The van der Waals surface area contributed by atoms with Crippen LogP contribution in [0.5, 0.6) is 0 Å². The molecule has 0 amide bonds. The van der Waals surface area contributed by atoms with E-state index >= 15 is 0 Å². The molecule has 0 aliphatic rings. The molecule has 0 fully saturated rings. The van der Waals surface area contributed by atoms with E-state index in [0.29, 0.717) is 5.56 Å². The van der Waals surface area contributed by atoms with Crippen LogP contribution in [0, 0.1) is 0 Å². The van der Waals surface area contributed by atoms with Crippen LogP contribution in [0.2, 0.25) is 0 Å². The largest absolute Gasteiger partial charge is 0.465 e. The molecule has 1 aromatic carbocycles. The van der Waals surface area contributed by atoms with Crippen molar-refractivity contribution in [2.75, 3.05) is 7.11 Å². The molecule has 0 saturated carbocycles. The number of methoxy groups -OCH3 is 1. The summed E-state index contributed by atoms with van der Waals surface area (Å²) >= 11 is 1.56. The van der Waals surface area contributed by atoms with Crippen LogP contribution in [-0.2, 0) is 10.5 Å². The Hall–Kier alpha value is -1.88. The van der Waals surface area contributed by atoms with Crippen LogP contribution in [0.1, 0.15) is 15.9 Å². The van der Waals surface area contributed by atoms with Crippen molar-refractivity contribution < 1.29 is 9.53 Å². The fraction of sp³-hybridized carbons (Fsp3) is 0.154. The van der Waals surface area contributed by atoms with E-state index in [1.165, 1.54) is 7.11 Å². The molecule has 0 aliphatic heterocycles. The molecule has 4 nitrogen and oxygen atoms in total. The highest BCUT2D eigenvalue weighted by Crippen LogP contribution is 2.18. The molecular formula is C13H12N2O2S. The van der Waals surface area contributed by atoms with Gasteiger partial charge < -0.3 is 4.74 Å². The van der Waals surface area contributed by atoms with Crippen molar-refractivity contribution in [3.63, 3.8) is 0 Å². The quantitative estimate of drug-likeness (QED) is 0.480. The number of esters is 1. The summed E-state index contributed by atoms with van der Waals surface area (Å²) in [7, 11) is 1.37. The highest BCUT2D eigenvalue weighted by atomic mass is 32.2. The Balaban J connectivity index is 1.97. The Kier molecular flexibility index (Phi) is 4.30. The van der Waals surface area contributed by atoms with Crippen molar-refractivity contribution >= 4 is 17.7 Å². The van der Waals surface area contributed by atoms with E-state index in [-0.39, 0.29) is 5.97 Å². The van der Waals surface area contributed by atoms with Gasteiger partial charge in [0, 0.05) is 18.1 Å². The van der Waals surface area contributed by atoms with Crippen molar-refractivity contribution in [3.8, 4) is 0 Å². The highest BCUT2D eigenvalue weighted by molar-refractivity contribution is 7.98. The maximum atomic E-state index is 11.3. The number of hydrogen-bond donors (Lipinski definition) is 0. The van der Waals surface area contributed by atoms with Crippen LogP contribution in [0.3, 0.4) is 0 Å². The van der Waals surface area contributed by atoms with Crippen LogP contribution in [-0.4, -0.2) is 23.0 Å². The average Bonchev–Trinajstić information content (AvgIpc) is 2.46. The topological polar surface area (TPSA) is 52.1 Å². The van der Waals surface area contributed by atoms with Crippen molar-refractivity contribution in [2.45, 2.75) is 10.9 Å². The second kappa shape index (κ2) is 6.16. The zero-order valence-electron chi connectivity index (χ0n) is 9.87. The molecule has 0 radical (unpaired) electrons. The van der Waals surface area contributed by atoms with Crippen LogP contribution in [0.25, 0.3) is 0 Å². The first-order valence-electron chi connectivity index (χ1n) is 5.36. The highest BCUT2D eigenvalue weighted by Gasteiger charge is 2.04. The third-order valence-corrected chi connectivity index (χ3v) is 3.23. The molecule has 0 saturated heterocycles.